The molecule has 1 unspecified atom stereocenters. The van der Waals surface area contributed by atoms with Gasteiger partial charge in [0.25, 0.3) is 0 Å². The molecule has 2 heterocycles. The Kier molecular flexibility index (Phi) is 4.45. The first-order chi connectivity index (χ1) is 8.49. The van der Waals surface area contributed by atoms with Crippen LogP contribution in [0.1, 0.15) is 31.2 Å². The van der Waals surface area contributed by atoms with E-state index in [9.17, 15) is 0 Å². The van der Waals surface area contributed by atoms with Crippen molar-refractivity contribution in [3.63, 3.8) is 0 Å². The maximum Gasteiger partial charge on any atom is 0.0739 e. The maximum absolute atomic E-state index is 5.98. The topological polar surface area (TPSA) is 47.1 Å². The van der Waals surface area contributed by atoms with E-state index in [1.807, 2.05) is 18.7 Å². The lowest BCUT2D eigenvalue weighted by Gasteiger charge is -2.33. The molecule has 2 N–H and O–H groups in total. The summed E-state index contributed by atoms with van der Waals surface area (Å²) >= 11 is 3.63. The van der Waals surface area contributed by atoms with E-state index in [1.165, 1.54) is 18.5 Å². The Morgan fingerprint density at radius 3 is 2.50 bits per heavy atom. The number of nitrogens with two attached hydrogens (primary N) is 1. The van der Waals surface area contributed by atoms with Crippen LogP contribution in [0.25, 0.3) is 0 Å². The van der Waals surface area contributed by atoms with Gasteiger partial charge in [-0.3, -0.25) is 9.58 Å². The minimum atomic E-state index is 0.331. The van der Waals surface area contributed by atoms with Gasteiger partial charge in [-0.15, -0.1) is 0 Å². The summed E-state index contributed by atoms with van der Waals surface area (Å²) in [6.07, 6.45) is 2.43. The molecule has 0 spiro atoms. The van der Waals surface area contributed by atoms with Crippen LogP contribution in [0.5, 0.6) is 0 Å². The predicted molar refractivity (Wildman–Crippen MR) is 77.3 cm³/mol. The highest BCUT2D eigenvalue weighted by molar-refractivity contribution is 9.10. The minimum Gasteiger partial charge on any atom is -0.328 e. The van der Waals surface area contributed by atoms with E-state index in [1.54, 1.807) is 0 Å². The van der Waals surface area contributed by atoms with Gasteiger partial charge < -0.3 is 5.73 Å². The third kappa shape index (κ3) is 2.95. The summed E-state index contributed by atoms with van der Waals surface area (Å²) in [4.78, 5) is 2.50. The zero-order chi connectivity index (χ0) is 13.3. The molecule has 0 saturated carbocycles. The largest absolute Gasteiger partial charge is 0.328 e. The molecule has 1 atom stereocenters. The second-order valence-electron chi connectivity index (χ2n) is 5.44. The molecule has 4 nitrogen and oxygen atoms in total. The number of nitrogens with zero attached hydrogens (tertiary/aromatic N) is 3. The van der Waals surface area contributed by atoms with Crippen molar-refractivity contribution in [1.29, 1.82) is 0 Å². The molecule has 1 aromatic heterocycles. The maximum atomic E-state index is 5.98. The molecule has 2 rings (SSSR count). The van der Waals surface area contributed by atoms with Gasteiger partial charge in [0.05, 0.1) is 15.9 Å². The van der Waals surface area contributed by atoms with Crippen molar-refractivity contribution < 1.29 is 0 Å². The fraction of sp³-hybridized carbons (Fsp3) is 0.769. The number of rotatable bonds is 3. The number of likely N-dealkylation sites (tertiary alicyclic amines) is 1. The van der Waals surface area contributed by atoms with Gasteiger partial charge in [-0.25, -0.2) is 0 Å². The molecule has 18 heavy (non-hydrogen) atoms. The van der Waals surface area contributed by atoms with Crippen LogP contribution in [0.15, 0.2) is 4.47 Å². The summed E-state index contributed by atoms with van der Waals surface area (Å²) in [5.41, 5.74) is 8.31. The lowest BCUT2D eigenvalue weighted by molar-refractivity contribution is 0.162. The number of hydrogen-bond acceptors (Lipinski definition) is 3. The molecule has 5 heteroatoms. The number of aromatic nitrogens is 2. The highest BCUT2D eigenvalue weighted by Gasteiger charge is 2.23. The van der Waals surface area contributed by atoms with E-state index < -0.39 is 0 Å². The Morgan fingerprint density at radius 1 is 1.44 bits per heavy atom. The molecule has 1 aliphatic heterocycles. The van der Waals surface area contributed by atoms with Gasteiger partial charge in [0, 0.05) is 19.6 Å². The summed E-state index contributed by atoms with van der Waals surface area (Å²) in [7, 11) is 2.02. The molecule has 1 aliphatic rings. The van der Waals surface area contributed by atoms with Crippen LogP contribution in [0, 0.1) is 12.8 Å². The van der Waals surface area contributed by atoms with Crippen LogP contribution < -0.4 is 5.73 Å². The average Bonchev–Trinajstić information content (AvgIpc) is 2.57. The zero-order valence-corrected chi connectivity index (χ0v) is 13.1. The van der Waals surface area contributed by atoms with E-state index >= 15 is 0 Å². The molecular weight excluding hydrogens is 292 g/mol. The van der Waals surface area contributed by atoms with Crippen LogP contribution >= 0.6 is 15.9 Å². The van der Waals surface area contributed by atoms with E-state index in [0.29, 0.717) is 12.0 Å². The average molecular weight is 315 g/mol. The molecule has 0 radical (unpaired) electrons. The molecule has 102 valence electrons. The third-order valence-corrected chi connectivity index (χ3v) is 5.04. The van der Waals surface area contributed by atoms with Crippen LogP contribution in [0.3, 0.4) is 0 Å². The van der Waals surface area contributed by atoms with Crippen molar-refractivity contribution in [3.05, 3.63) is 15.9 Å². The Morgan fingerprint density at radius 2 is 2.06 bits per heavy atom. The van der Waals surface area contributed by atoms with Crippen LogP contribution in [0.2, 0.25) is 0 Å². The van der Waals surface area contributed by atoms with Gasteiger partial charge in [0.1, 0.15) is 0 Å². The Hall–Kier alpha value is -0.390. The third-order valence-electron chi connectivity index (χ3n) is 4.01. The van der Waals surface area contributed by atoms with Crippen LogP contribution in [0.4, 0.5) is 0 Å². The van der Waals surface area contributed by atoms with Crippen LogP contribution in [-0.2, 0) is 13.6 Å². The SMILES string of the molecule is Cc1nn(C)c(CN2CCC(C(C)N)CC2)c1Br. The number of halogens is 1. The zero-order valence-electron chi connectivity index (χ0n) is 11.5. The van der Waals surface area contributed by atoms with Gasteiger partial charge in [0.2, 0.25) is 0 Å². The molecule has 0 aliphatic carbocycles. The first kappa shape index (κ1) is 14.0. The molecule has 1 saturated heterocycles. The fourth-order valence-electron chi connectivity index (χ4n) is 2.70. The molecule has 0 bridgehead atoms. The van der Waals surface area contributed by atoms with Crippen LogP contribution in [-0.4, -0.2) is 33.8 Å². The Labute approximate surface area is 118 Å². The van der Waals surface area contributed by atoms with Crippen molar-refractivity contribution >= 4 is 15.9 Å². The van der Waals surface area contributed by atoms with Crippen molar-refractivity contribution in [2.75, 3.05) is 13.1 Å². The second kappa shape index (κ2) is 5.72. The van der Waals surface area contributed by atoms with Gasteiger partial charge in [-0.1, -0.05) is 0 Å². The van der Waals surface area contributed by atoms with Gasteiger partial charge in [0.15, 0.2) is 0 Å². The lowest BCUT2D eigenvalue weighted by atomic mass is 9.91. The normalized spacial score (nSPS) is 20.3. The quantitative estimate of drug-likeness (QED) is 0.929. The van der Waals surface area contributed by atoms with Gasteiger partial charge in [-0.05, 0) is 61.6 Å². The molecular formula is C13H23BrN4. The summed E-state index contributed by atoms with van der Waals surface area (Å²) in [5, 5.41) is 4.44. The van der Waals surface area contributed by atoms with Gasteiger partial charge >= 0.3 is 0 Å². The lowest BCUT2D eigenvalue weighted by Crippen LogP contribution is -2.39. The summed E-state index contributed by atoms with van der Waals surface area (Å²) < 4.78 is 3.14. The molecule has 1 fully saturated rings. The number of aryl methyl sites for hydroxylation is 2. The predicted octanol–water partition coefficient (Wildman–Crippen LogP) is 2.05. The van der Waals surface area contributed by atoms with E-state index in [-0.39, 0.29) is 0 Å². The summed E-state index contributed by atoms with van der Waals surface area (Å²) in [6, 6.07) is 0.331. The number of piperidine rings is 1. The molecule has 0 amide bonds. The first-order valence-corrected chi connectivity index (χ1v) is 7.44. The second-order valence-corrected chi connectivity index (χ2v) is 6.24. The Balaban J connectivity index is 1.95. The van der Waals surface area contributed by atoms with Crippen molar-refractivity contribution in [1.82, 2.24) is 14.7 Å². The van der Waals surface area contributed by atoms with Crippen molar-refractivity contribution in [2.24, 2.45) is 18.7 Å². The van der Waals surface area contributed by atoms with E-state index in [4.69, 9.17) is 5.73 Å². The van der Waals surface area contributed by atoms with Crippen molar-refractivity contribution in [3.8, 4) is 0 Å². The van der Waals surface area contributed by atoms with Crippen molar-refractivity contribution in [2.45, 2.75) is 39.3 Å². The Bertz CT molecular complexity index is 405. The van der Waals surface area contributed by atoms with E-state index in [2.05, 4.69) is 32.9 Å². The summed E-state index contributed by atoms with van der Waals surface area (Å²) in [5.74, 6) is 0.693. The summed E-state index contributed by atoms with van der Waals surface area (Å²) in [6.45, 7) is 7.42. The fourth-order valence-corrected chi connectivity index (χ4v) is 3.16. The highest BCUT2D eigenvalue weighted by atomic mass is 79.9. The monoisotopic (exact) mass is 314 g/mol. The van der Waals surface area contributed by atoms with Gasteiger partial charge in [-0.2, -0.15) is 5.10 Å². The highest BCUT2D eigenvalue weighted by Crippen LogP contribution is 2.25. The first-order valence-electron chi connectivity index (χ1n) is 6.65. The molecule has 1 aromatic rings. The smallest absolute Gasteiger partial charge is 0.0739 e. The van der Waals surface area contributed by atoms with E-state index in [0.717, 1.165) is 29.8 Å². The standard InChI is InChI=1S/C13H23BrN4/c1-9(15)11-4-6-18(7-5-11)8-12-13(14)10(2)16-17(12)3/h9,11H,4-8,15H2,1-3H3. The number of hydrogen-bond donors (Lipinski definition) is 1. The molecule has 0 aromatic carbocycles. The minimum absolute atomic E-state index is 0.331.